The van der Waals surface area contributed by atoms with Gasteiger partial charge in [0.1, 0.15) is 41.3 Å². The van der Waals surface area contributed by atoms with Gasteiger partial charge in [0, 0.05) is 35.1 Å². The number of carbonyl (C=O) groups excluding carboxylic acids is 5. The molecular weight excluding hydrogens is 741 g/mol. The van der Waals surface area contributed by atoms with Gasteiger partial charge in [-0.2, -0.15) is 0 Å². The Morgan fingerprint density at radius 2 is 1.59 bits per heavy atom. The van der Waals surface area contributed by atoms with Crippen LogP contribution in [0, 0.1) is 17.8 Å². The molecule has 0 bridgehead atoms. The van der Waals surface area contributed by atoms with Crippen LogP contribution in [0.1, 0.15) is 86.5 Å². The zero-order valence-corrected chi connectivity index (χ0v) is 34.9. The van der Waals surface area contributed by atoms with Crippen LogP contribution < -0.4 is 25.4 Å². The number of carbonyl (C=O) groups is 5. The molecule has 312 valence electrons. The van der Waals surface area contributed by atoms with Crippen LogP contribution in [0.15, 0.2) is 66.2 Å². The highest BCUT2D eigenvalue weighted by molar-refractivity contribution is 6.03. The van der Waals surface area contributed by atoms with Gasteiger partial charge in [-0.3, -0.25) is 14.4 Å². The summed E-state index contributed by atoms with van der Waals surface area (Å²) < 4.78 is 22.8. The lowest BCUT2D eigenvalue weighted by atomic mass is 9.83. The van der Waals surface area contributed by atoms with Gasteiger partial charge in [-0.25, -0.2) is 14.6 Å². The Morgan fingerprint density at radius 1 is 0.879 bits per heavy atom. The highest BCUT2D eigenvalue weighted by atomic mass is 16.6. The van der Waals surface area contributed by atoms with E-state index in [1.165, 1.54) is 7.11 Å². The number of nitrogens with zero attached hydrogens (tertiary/aromatic N) is 1. The van der Waals surface area contributed by atoms with E-state index in [1.807, 2.05) is 48.5 Å². The number of methoxy groups -OCH3 is 2. The summed E-state index contributed by atoms with van der Waals surface area (Å²) >= 11 is 0. The van der Waals surface area contributed by atoms with Gasteiger partial charge < -0.3 is 34.9 Å². The first-order valence-electron chi connectivity index (χ1n) is 20.3. The number of esters is 2. The van der Waals surface area contributed by atoms with Crippen LogP contribution in [0.4, 0.5) is 0 Å². The number of amides is 3. The topological polar surface area (TPSA) is 171 Å². The summed E-state index contributed by atoms with van der Waals surface area (Å²) in [5, 5.41) is 9.25. The number of rotatable bonds is 15. The molecule has 0 aliphatic heterocycles. The van der Waals surface area contributed by atoms with Crippen molar-refractivity contribution in [2.24, 2.45) is 17.8 Å². The molecule has 5 atom stereocenters. The number of hydrogen-bond acceptors (Lipinski definition) is 10. The maximum Gasteiger partial charge on any atom is 0.329 e. The molecule has 1 saturated carbocycles. The summed E-state index contributed by atoms with van der Waals surface area (Å²) in [5.74, 6) is -3.29. The van der Waals surface area contributed by atoms with E-state index >= 15 is 0 Å². The van der Waals surface area contributed by atoms with E-state index in [9.17, 15) is 24.0 Å². The second-order valence-electron chi connectivity index (χ2n) is 16.4. The molecule has 3 amide bonds. The zero-order valence-electron chi connectivity index (χ0n) is 34.9. The van der Waals surface area contributed by atoms with Crippen molar-refractivity contribution in [3.8, 4) is 22.8 Å². The van der Waals surface area contributed by atoms with E-state index in [0.29, 0.717) is 28.1 Å². The Labute approximate surface area is 341 Å². The van der Waals surface area contributed by atoms with Crippen LogP contribution in [0.2, 0.25) is 0 Å². The minimum absolute atomic E-state index is 0.0601. The van der Waals surface area contributed by atoms with E-state index < -0.39 is 65.4 Å². The lowest BCUT2D eigenvalue weighted by molar-refractivity contribution is -0.159. The Morgan fingerprint density at radius 3 is 2.21 bits per heavy atom. The second-order valence-corrected chi connectivity index (χ2v) is 16.4. The molecule has 2 aliphatic rings. The lowest BCUT2D eigenvalue weighted by Crippen LogP contribution is -2.56. The van der Waals surface area contributed by atoms with Crippen molar-refractivity contribution < 1.29 is 42.9 Å². The van der Waals surface area contributed by atoms with Gasteiger partial charge in [0.05, 0.1) is 31.3 Å². The molecule has 1 fully saturated rings. The molecule has 1 heterocycles. The number of ether oxygens (including phenoxy) is 4. The fourth-order valence-electron chi connectivity index (χ4n) is 7.57. The summed E-state index contributed by atoms with van der Waals surface area (Å²) in [4.78, 5) is 73.3. The molecule has 5 rings (SSSR count). The molecule has 0 saturated heterocycles. The van der Waals surface area contributed by atoms with Crippen LogP contribution in [-0.4, -0.2) is 78.7 Å². The van der Waals surface area contributed by atoms with E-state index in [4.69, 9.17) is 23.9 Å². The van der Waals surface area contributed by atoms with Crippen molar-refractivity contribution in [2.75, 3.05) is 14.2 Å². The Balaban J connectivity index is 1.47. The molecule has 4 unspecified atom stereocenters. The van der Waals surface area contributed by atoms with Gasteiger partial charge in [0.15, 0.2) is 0 Å². The minimum Gasteiger partial charge on any atom is -0.497 e. The van der Waals surface area contributed by atoms with Crippen molar-refractivity contribution in [2.45, 2.75) is 116 Å². The Hall–Kier alpha value is -5.46. The van der Waals surface area contributed by atoms with Crippen LogP contribution >= 0.6 is 0 Å². The fourth-order valence-corrected chi connectivity index (χ4v) is 7.57. The fraction of sp³-hybridized carbons (Fsp3) is 0.511. The highest BCUT2D eigenvalue weighted by Crippen LogP contribution is 2.36. The summed E-state index contributed by atoms with van der Waals surface area (Å²) in [7, 11) is 2.87. The largest absolute Gasteiger partial charge is 0.497 e. The molecule has 3 aromatic rings. The van der Waals surface area contributed by atoms with Gasteiger partial charge in [0.25, 0.3) is 0 Å². The molecule has 0 radical (unpaired) electrons. The number of hydrogen-bond donors (Lipinski definition) is 3. The molecule has 58 heavy (non-hydrogen) atoms. The Kier molecular flexibility index (Phi) is 14.5. The first kappa shape index (κ1) is 43.7. The molecule has 2 aliphatic carbocycles. The monoisotopic (exact) mass is 798 g/mol. The van der Waals surface area contributed by atoms with Crippen LogP contribution in [0.3, 0.4) is 0 Å². The average Bonchev–Trinajstić information content (AvgIpc) is 3.64. The molecule has 0 spiro atoms. The molecule has 13 heteroatoms. The van der Waals surface area contributed by atoms with Gasteiger partial charge in [0.2, 0.25) is 17.7 Å². The predicted molar refractivity (Wildman–Crippen MR) is 220 cm³/mol. The van der Waals surface area contributed by atoms with E-state index in [2.05, 4.69) is 16.0 Å². The molecule has 3 N–H and O–H groups in total. The summed E-state index contributed by atoms with van der Waals surface area (Å²) in [6, 6.07) is 14.0. The van der Waals surface area contributed by atoms with Gasteiger partial charge in [-0.15, -0.1) is 0 Å². The van der Waals surface area contributed by atoms with Crippen molar-refractivity contribution >= 4 is 40.6 Å². The SMILES string of the molecule is CC[C@H](NC(=O)C1CC(Oc2cc(-c3ccccc3)nc3cc(OC)ccc23)C=C1C(=O)NC(C(=O)NC(C(=O)OC)C1CCCCC1)C(C)C)C(=O)OC(C)(C)C. The third-order valence-electron chi connectivity index (χ3n) is 10.6. The second kappa shape index (κ2) is 19.3. The minimum atomic E-state index is -1.05. The Bertz CT molecular complexity index is 1980. The quantitative estimate of drug-likeness (QED) is 0.150. The number of fused-ring (bicyclic) bond motifs is 1. The van der Waals surface area contributed by atoms with Crippen molar-refractivity contribution in [3.05, 3.63) is 66.2 Å². The highest BCUT2D eigenvalue weighted by Gasteiger charge is 2.41. The summed E-state index contributed by atoms with van der Waals surface area (Å²) in [5.41, 5.74) is 1.44. The zero-order chi connectivity index (χ0) is 42.1. The normalized spacial score (nSPS) is 18.7. The predicted octanol–water partition coefficient (Wildman–Crippen LogP) is 6.22. The summed E-state index contributed by atoms with van der Waals surface area (Å²) in [6.45, 7) is 10.6. The van der Waals surface area contributed by atoms with Crippen LogP contribution in [-0.2, 0) is 33.4 Å². The van der Waals surface area contributed by atoms with E-state index in [0.717, 1.165) is 37.7 Å². The number of aromatic nitrogens is 1. The van der Waals surface area contributed by atoms with Crippen molar-refractivity contribution in [3.63, 3.8) is 0 Å². The number of pyridine rings is 1. The average molecular weight is 799 g/mol. The standard InChI is InChI=1S/C45H58N4O9/c1-9-34(43(53)58-45(4,5)6)47-40(50)32-22-30(57-37-25-35(27-16-12-10-13-17-27)46-36-24-29(55-7)20-21-31(36)37)23-33(32)41(51)48-38(26(2)3)42(52)49-39(44(54)56-8)28-18-14-11-15-19-28/h10,12-13,16-17,20-21,23-26,28,30,32,34,38-39H,9,11,14-15,18-19,22H2,1-8H3,(H,47,50)(H,48,51)(H,49,52)/t30?,32?,34-,38?,39?/m0/s1. The van der Waals surface area contributed by atoms with Crippen LogP contribution in [0.5, 0.6) is 11.5 Å². The van der Waals surface area contributed by atoms with Crippen LogP contribution in [0.25, 0.3) is 22.2 Å². The first-order valence-corrected chi connectivity index (χ1v) is 20.3. The number of nitrogens with one attached hydrogen (secondary N) is 3. The van der Waals surface area contributed by atoms with E-state index in [1.54, 1.807) is 60.8 Å². The number of benzene rings is 2. The van der Waals surface area contributed by atoms with E-state index in [-0.39, 0.29) is 30.3 Å². The lowest BCUT2D eigenvalue weighted by Gasteiger charge is -2.31. The molecule has 1 aromatic heterocycles. The molecule has 2 aromatic carbocycles. The van der Waals surface area contributed by atoms with Gasteiger partial charge in [-0.1, -0.05) is 70.4 Å². The van der Waals surface area contributed by atoms with Crippen molar-refractivity contribution in [1.29, 1.82) is 0 Å². The molecular formula is C45H58N4O9. The smallest absolute Gasteiger partial charge is 0.329 e. The van der Waals surface area contributed by atoms with Crippen molar-refractivity contribution in [1.82, 2.24) is 20.9 Å². The maximum atomic E-state index is 14.4. The maximum absolute atomic E-state index is 14.4. The van der Waals surface area contributed by atoms with Gasteiger partial charge in [-0.05, 0) is 70.1 Å². The first-order chi connectivity index (χ1) is 27.6. The molecule has 13 nitrogen and oxygen atoms in total. The summed E-state index contributed by atoms with van der Waals surface area (Å²) in [6.07, 6.45) is 5.66. The third kappa shape index (κ3) is 10.9. The third-order valence-corrected chi connectivity index (χ3v) is 10.6. The van der Waals surface area contributed by atoms with Gasteiger partial charge >= 0.3 is 11.9 Å².